The van der Waals surface area contributed by atoms with E-state index >= 15 is 0 Å². The number of unbranched alkanes of at least 4 members (excludes halogenated alkanes) is 1. The molecule has 0 saturated carbocycles. The van der Waals surface area contributed by atoms with Gasteiger partial charge < -0.3 is 4.74 Å². The van der Waals surface area contributed by atoms with Crippen LogP contribution in [0.5, 0.6) is 0 Å². The number of hydrogen-bond donors (Lipinski definition) is 0. The molecule has 0 fully saturated rings. The van der Waals surface area contributed by atoms with Crippen molar-refractivity contribution in [1.82, 2.24) is 9.78 Å². The Bertz CT molecular complexity index is 260. The highest BCUT2D eigenvalue weighted by Crippen LogP contribution is 2.13. The lowest BCUT2D eigenvalue weighted by molar-refractivity contribution is 0.175. The number of rotatable bonds is 5. The quantitative estimate of drug-likeness (QED) is 0.780. The third-order valence-electron chi connectivity index (χ3n) is 1.90. The first-order chi connectivity index (χ1) is 6.29. The number of aromatic nitrogens is 2. The van der Waals surface area contributed by atoms with Crippen molar-refractivity contribution >= 4 is 22.6 Å². The molecule has 0 unspecified atom stereocenters. The molecule has 1 heterocycles. The van der Waals surface area contributed by atoms with Crippen LogP contribution in [-0.2, 0) is 17.9 Å². The lowest BCUT2D eigenvalue weighted by Gasteiger charge is -2.05. The molecule has 1 aromatic heterocycles. The molecular weight excluding hydrogens is 279 g/mol. The molecule has 0 aromatic carbocycles. The molecule has 0 aliphatic carbocycles. The third kappa shape index (κ3) is 2.95. The molecule has 0 aliphatic heterocycles. The fourth-order valence-electron chi connectivity index (χ4n) is 1.17. The summed E-state index contributed by atoms with van der Waals surface area (Å²) in [6.45, 7) is 3.84. The summed E-state index contributed by atoms with van der Waals surface area (Å²) in [6, 6.07) is 0. The molecule has 0 atom stereocenters. The summed E-state index contributed by atoms with van der Waals surface area (Å²) >= 11 is 2.29. The van der Waals surface area contributed by atoms with E-state index in [0.29, 0.717) is 6.61 Å². The second-order valence-electron chi connectivity index (χ2n) is 2.95. The van der Waals surface area contributed by atoms with Gasteiger partial charge in [-0.2, -0.15) is 5.10 Å². The molecule has 1 aromatic rings. The highest BCUT2D eigenvalue weighted by molar-refractivity contribution is 14.1. The number of ether oxygens (including phenoxy) is 1. The van der Waals surface area contributed by atoms with Crippen molar-refractivity contribution in [3.8, 4) is 0 Å². The zero-order valence-corrected chi connectivity index (χ0v) is 10.2. The lowest BCUT2D eigenvalue weighted by Crippen LogP contribution is -2.06. The Labute approximate surface area is 92.6 Å². The molecule has 0 radical (unpaired) electrons. The Balaban J connectivity index is 2.68. The van der Waals surface area contributed by atoms with Crippen LogP contribution < -0.4 is 0 Å². The summed E-state index contributed by atoms with van der Waals surface area (Å²) in [5.41, 5.74) is 1.19. The highest BCUT2D eigenvalue weighted by atomic mass is 127. The summed E-state index contributed by atoms with van der Waals surface area (Å²) in [4.78, 5) is 0. The standard InChI is InChI=1S/C9H15IN2O/c1-3-4-5-12-9(7-13-2)8(10)6-11-12/h6H,3-5,7H2,1-2H3. The maximum absolute atomic E-state index is 5.12. The van der Waals surface area contributed by atoms with Gasteiger partial charge in [0.2, 0.25) is 0 Å². The minimum Gasteiger partial charge on any atom is -0.378 e. The van der Waals surface area contributed by atoms with Crippen LogP contribution in [0.4, 0.5) is 0 Å². The average molecular weight is 294 g/mol. The van der Waals surface area contributed by atoms with Crippen molar-refractivity contribution in [2.45, 2.75) is 32.9 Å². The molecule has 0 saturated heterocycles. The SMILES string of the molecule is CCCCn1ncc(I)c1COC. The fourth-order valence-corrected chi connectivity index (χ4v) is 1.73. The molecule has 4 heteroatoms. The summed E-state index contributed by atoms with van der Waals surface area (Å²) in [5.74, 6) is 0. The topological polar surface area (TPSA) is 27.1 Å². The zero-order valence-electron chi connectivity index (χ0n) is 8.09. The number of methoxy groups -OCH3 is 1. The van der Waals surface area contributed by atoms with Gasteiger partial charge in [0.1, 0.15) is 0 Å². The molecule has 1 rings (SSSR count). The highest BCUT2D eigenvalue weighted by Gasteiger charge is 2.06. The summed E-state index contributed by atoms with van der Waals surface area (Å²) in [5, 5.41) is 4.30. The number of hydrogen-bond acceptors (Lipinski definition) is 2. The van der Waals surface area contributed by atoms with E-state index in [4.69, 9.17) is 4.74 Å². The summed E-state index contributed by atoms with van der Waals surface area (Å²) in [6.07, 6.45) is 4.27. The minimum absolute atomic E-state index is 0.655. The van der Waals surface area contributed by atoms with E-state index in [-0.39, 0.29) is 0 Å². The van der Waals surface area contributed by atoms with Crippen LogP contribution in [0.2, 0.25) is 0 Å². The maximum Gasteiger partial charge on any atom is 0.0891 e. The van der Waals surface area contributed by atoms with Crippen LogP contribution in [0.3, 0.4) is 0 Å². The van der Waals surface area contributed by atoms with Crippen LogP contribution in [0.25, 0.3) is 0 Å². The van der Waals surface area contributed by atoms with Crippen LogP contribution >= 0.6 is 22.6 Å². The van der Waals surface area contributed by atoms with Gasteiger partial charge in [0, 0.05) is 13.7 Å². The Morgan fingerprint density at radius 3 is 3.00 bits per heavy atom. The normalized spacial score (nSPS) is 10.7. The van der Waals surface area contributed by atoms with Gasteiger partial charge in [0.15, 0.2) is 0 Å². The molecule has 0 N–H and O–H groups in total. The molecule has 0 bridgehead atoms. The molecule has 0 aliphatic rings. The predicted octanol–water partition coefficient (Wildman–Crippen LogP) is 2.43. The van der Waals surface area contributed by atoms with Gasteiger partial charge in [-0.15, -0.1) is 0 Å². The fraction of sp³-hybridized carbons (Fsp3) is 0.667. The minimum atomic E-state index is 0.655. The third-order valence-corrected chi connectivity index (χ3v) is 2.80. The first-order valence-electron chi connectivity index (χ1n) is 4.48. The molecular formula is C9H15IN2O. The van der Waals surface area contributed by atoms with Crippen molar-refractivity contribution in [3.63, 3.8) is 0 Å². The maximum atomic E-state index is 5.12. The van der Waals surface area contributed by atoms with Gasteiger partial charge in [-0.05, 0) is 29.0 Å². The van der Waals surface area contributed by atoms with E-state index in [1.54, 1.807) is 7.11 Å². The van der Waals surface area contributed by atoms with Crippen molar-refractivity contribution in [2.75, 3.05) is 7.11 Å². The largest absolute Gasteiger partial charge is 0.378 e. The Morgan fingerprint density at radius 1 is 1.62 bits per heavy atom. The van der Waals surface area contributed by atoms with Gasteiger partial charge in [-0.25, -0.2) is 0 Å². The Morgan fingerprint density at radius 2 is 2.38 bits per heavy atom. The van der Waals surface area contributed by atoms with Crippen molar-refractivity contribution in [3.05, 3.63) is 15.5 Å². The number of nitrogens with zero attached hydrogens (tertiary/aromatic N) is 2. The lowest BCUT2D eigenvalue weighted by atomic mass is 10.3. The van der Waals surface area contributed by atoms with Crippen LogP contribution in [0.15, 0.2) is 6.20 Å². The van der Waals surface area contributed by atoms with E-state index in [1.807, 2.05) is 10.9 Å². The van der Waals surface area contributed by atoms with Crippen molar-refractivity contribution in [2.24, 2.45) is 0 Å². The van der Waals surface area contributed by atoms with E-state index in [1.165, 1.54) is 22.1 Å². The van der Waals surface area contributed by atoms with Crippen LogP contribution in [0, 0.1) is 3.57 Å². The molecule has 0 spiro atoms. The molecule has 3 nitrogen and oxygen atoms in total. The monoisotopic (exact) mass is 294 g/mol. The summed E-state index contributed by atoms with van der Waals surface area (Å²) in [7, 11) is 1.72. The van der Waals surface area contributed by atoms with Gasteiger partial charge in [-0.3, -0.25) is 4.68 Å². The zero-order chi connectivity index (χ0) is 9.68. The molecule has 74 valence electrons. The van der Waals surface area contributed by atoms with E-state index in [9.17, 15) is 0 Å². The average Bonchev–Trinajstić information content (AvgIpc) is 2.46. The Kier molecular flexibility index (Phi) is 4.72. The van der Waals surface area contributed by atoms with Gasteiger partial charge >= 0.3 is 0 Å². The van der Waals surface area contributed by atoms with E-state index in [0.717, 1.165) is 6.54 Å². The smallest absolute Gasteiger partial charge is 0.0891 e. The van der Waals surface area contributed by atoms with Crippen molar-refractivity contribution < 1.29 is 4.74 Å². The number of aryl methyl sites for hydroxylation is 1. The predicted molar refractivity (Wildman–Crippen MR) is 60.6 cm³/mol. The first-order valence-corrected chi connectivity index (χ1v) is 5.56. The summed E-state index contributed by atoms with van der Waals surface area (Å²) < 4.78 is 8.35. The van der Waals surface area contributed by atoms with E-state index in [2.05, 4.69) is 34.6 Å². The molecule has 13 heavy (non-hydrogen) atoms. The second kappa shape index (κ2) is 5.59. The van der Waals surface area contributed by atoms with Crippen LogP contribution in [0.1, 0.15) is 25.5 Å². The van der Waals surface area contributed by atoms with Gasteiger partial charge in [0.25, 0.3) is 0 Å². The van der Waals surface area contributed by atoms with Gasteiger partial charge in [0.05, 0.1) is 22.1 Å². The first kappa shape index (κ1) is 11.0. The molecule has 0 amide bonds. The van der Waals surface area contributed by atoms with Crippen molar-refractivity contribution in [1.29, 1.82) is 0 Å². The van der Waals surface area contributed by atoms with Gasteiger partial charge in [-0.1, -0.05) is 13.3 Å². The second-order valence-corrected chi connectivity index (χ2v) is 4.11. The van der Waals surface area contributed by atoms with E-state index < -0.39 is 0 Å². The Hall–Kier alpha value is -0.100. The van der Waals surface area contributed by atoms with Crippen LogP contribution in [-0.4, -0.2) is 16.9 Å². The number of halogens is 1.